The van der Waals surface area contributed by atoms with Crippen molar-refractivity contribution in [3.8, 4) is 11.4 Å². The van der Waals surface area contributed by atoms with Gasteiger partial charge < -0.3 is 10.1 Å². The van der Waals surface area contributed by atoms with Crippen molar-refractivity contribution in [3.05, 3.63) is 84.8 Å². The Morgan fingerprint density at radius 2 is 1.77 bits per heavy atom. The summed E-state index contributed by atoms with van der Waals surface area (Å²) in [5.41, 5.74) is 5.39. The number of aliphatic hydroxyl groups excluding tert-OH is 1. The molecule has 1 saturated carbocycles. The number of aliphatic imine (C=N–C) groups is 1. The van der Waals surface area contributed by atoms with Gasteiger partial charge in [0.15, 0.2) is 0 Å². The average Bonchev–Trinajstić information content (AvgIpc) is 3.70. The van der Waals surface area contributed by atoms with Crippen molar-refractivity contribution in [2.24, 2.45) is 22.7 Å². The molecule has 0 aliphatic heterocycles. The van der Waals surface area contributed by atoms with Crippen molar-refractivity contribution in [2.45, 2.75) is 93.0 Å². The Kier molecular flexibility index (Phi) is 21.7. The number of alkyl halides is 1. The molecule has 2 aromatic rings. The molecule has 1 atom stereocenters. The summed E-state index contributed by atoms with van der Waals surface area (Å²) in [6.45, 7) is 23.9. The maximum atomic E-state index is 11.8. The van der Waals surface area contributed by atoms with Crippen LogP contribution in [0.3, 0.4) is 0 Å². The van der Waals surface area contributed by atoms with Crippen LogP contribution in [0, 0.1) is 17.8 Å². The number of hydrogen-bond donors (Lipinski definition) is 1. The highest BCUT2D eigenvalue weighted by Gasteiger charge is 2.23. The Morgan fingerprint density at radius 3 is 2.19 bits per heavy atom. The molecule has 2 aromatic heterocycles. The molecule has 43 heavy (non-hydrogen) atoms. The molecule has 0 radical (unpaired) electrons. The number of aliphatic hydroxyl groups is 1. The quantitative estimate of drug-likeness (QED) is 0.196. The van der Waals surface area contributed by atoms with Crippen LogP contribution in [0.25, 0.3) is 11.4 Å². The number of aromatic nitrogens is 3. The first kappa shape index (κ1) is 39.9. The number of rotatable bonds is 12. The molecule has 0 aromatic carbocycles. The lowest BCUT2D eigenvalue weighted by molar-refractivity contribution is 0.215. The zero-order valence-electron chi connectivity index (χ0n) is 28.4. The van der Waals surface area contributed by atoms with E-state index in [-0.39, 0.29) is 19.3 Å². The largest absolute Gasteiger partial charge is 0.394 e. The van der Waals surface area contributed by atoms with Crippen LogP contribution in [-0.4, -0.2) is 46.4 Å². The third-order valence-corrected chi connectivity index (χ3v) is 7.05. The summed E-state index contributed by atoms with van der Waals surface area (Å²) in [7, 11) is 1.75. The molecule has 0 spiro atoms. The van der Waals surface area contributed by atoms with Gasteiger partial charge in [-0.3, -0.25) is 9.67 Å². The second-order valence-corrected chi connectivity index (χ2v) is 11.6. The van der Waals surface area contributed by atoms with Crippen LogP contribution in [0.5, 0.6) is 0 Å². The van der Waals surface area contributed by atoms with Crippen molar-refractivity contribution in [3.63, 3.8) is 0 Å². The number of halogens is 1. The van der Waals surface area contributed by atoms with Gasteiger partial charge in [-0.1, -0.05) is 103 Å². The molecule has 0 amide bonds. The lowest BCUT2D eigenvalue weighted by Crippen LogP contribution is -2.12. The fourth-order valence-electron chi connectivity index (χ4n) is 3.62. The molecule has 3 rings (SSSR count). The molecule has 1 unspecified atom stereocenters. The Morgan fingerprint density at radius 1 is 1.12 bits per heavy atom. The normalized spacial score (nSPS) is 13.8. The average molecular weight is 595 g/mol. The first-order chi connectivity index (χ1) is 20.5. The third kappa shape index (κ3) is 17.6. The van der Waals surface area contributed by atoms with Crippen LogP contribution >= 0.6 is 0 Å². The van der Waals surface area contributed by atoms with Gasteiger partial charge in [0.1, 0.15) is 12.4 Å². The predicted molar refractivity (Wildman–Crippen MR) is 186 cm³/mol. The maximum Gasteiger partial charge on any atom is 0.111 e. The van der Waals surface area contributed by atoms with Crippen molar-refractivity contribution < 1.29 is 9.50 Å². The van der Waals surface area contributed by atoms with Gasteiger partial charge in [-0.05, 0) is 80.7 Å². The van der Waals surface area contributed by atoms with Gasteiger partial charge in [0.2, 0.25) is 0 Å². The summed E-state index contributed by atoms with van der Waals surface area (Å²) in [5.74, 6) is 2.48. The van der Waals surface area contributed by atoms with Crippen molar-refractivity contribution >= 4 is 6.21 Å². The van der Waals surface area contributed by atoms with Gasteiger partial charge in [-0.25, -0.2) is 4.39 Å². The van der Waals surface area contributed by atoms with Gasteiger partial charge in [0.05, 0.1) is 18.3 Å². The molecule has 240 valence electrons. The molecular weight excluding hydrogens is 535 g/mol. The van der Waals surface area contributed by atoms with Gasteiger partial charge >= 0.3 is 0 Å². The van der Waals surface area contributed by atoms with Crippen LogP contribution in [0.15, 0.2) is 84.1 Å². The molecule has 6 heteroatoms. The minimum absolute atomic E-state index is 0.0435. The maximum absolute atomic E-state index is 11.8. The molecule has 1 aliphatic rings. The van der Waals surface area contributed by atoms with Crippen LogP contribution in [0.1, 0.15) is 98.7 Å². The zero-order chi connectivity index (χ0) is 32.8. The van der Waals surface area contributed by atoms with E-state index in [9.17, 15) is 9.50 Å². The van der Waals surface area contributed by atoms with Crippen molar-refractivity contribution in [1.82, 2.24) is 14.8 Å². The second kappa shape index (κ2) is 23.3. The fraction of sp³-hybridized carbons (Fsp3) is 0.541. The standard InChI is InChI=1S/C15H21N3O.C12H19F.C7H12.C3H7N/c1-4-12(10-19)18-9-8-15(17-18)14-7-5-6-13(16-14)11(2)3;1-10(2)12(5-3-4-8-13)9-11-6-7-11;1-5-7(4)6(2)3;1-3-4-2/h5-9,11-12,19H,4,10H2,1-3H3;3-5,10-11H,6-9H2,1-2H3;5-6H,1,4H2,2-3H3;3H,1-2H3/b;4-3+,12-5+;;. The summed E-state index contributed by atoms with van der Waals surface area (Å²) in [6.07, 6.45) is 15.8. The summed E-state index contributed by atoms with van der Waals surface area (Å²) in [5, 5.41) is 13.8. The summed E-state index contributed by atoms with van der Waals surface area (Å²) < 4.78 is 13.6. The van der Waals surface area contributed by atoms with E-state index in [4.69, 9.17) is 0 Å². The Balaban J connectivity index is 0.000000634. The van der Waals surface area contributed by atoms with E-state index in [1.165, 1.54) is 24.8 Å². The smallest absolute Gasteiger partial charge is 0.111 e. The van der Waals surface area contributed by atoms with E-state index in [1.807, 2.05) is 55.1 Å². The predicted octanol–water partition coefficient (Wildman–Crippen LogP) is 10.00. The van der Waals surface area contributed by atoms with E-state index >= 15 is 0 Å². The number of allylic oxidation sites excluding steroid dienone is 6. The van der Waals surface area contributed by atoms with Crippen molar-refractivity contribution in [2.75, 3.05) is 20.3 Å². The molecule has 0 bridgehead atoms. The molecule has 1 fully saturated rings. The van der Waals surface area contributed by atoms with Crippen LogP contribution < -0.4 is 0 Å². The molecule has 1 aliphatic carbocycles. The van der Waals surface area contributed by atoms with Crippen LogP contribution in [0.4, 0.5) is 4.39 Å². The highest BCUT2D eigenvalue weighted by molar-refractivity contribution is 5.53. The van der Waals surface area contributed by atoms with E-state index < -0.39 is 0 Å². The van der Waals surface area contributed by atoms with Gasteiger partial charge in [0.25, 0.3) is 0 Å². The van der Waals surface area contributed by atoms with Crippen LogP contribution in [0.2, 0.25) is 0 Å². The number of hydrogen-bond acceptors (Lipinski definition) is 4. The second-order valence-electron chi connectivity index (χ2n) is 11.6. The summed E-state index contributed by atoms with van der Waals surface area (Å²) in [4.78, 5) is 8.24. The van der Waals surface area contributed by atoms with Gasteiger partial charge in [-0.2, -0.15) is 5.10 Å². The first-order valence-corrected chi connectivity index (χ1v) is 15.7. The molecule has 2 heterocycles. The van der Waals surface area contributed by atoms with E-state index in [2.05, 4.69) is 75.9 Å². The summed E-state index contributed by atoms with van der Waals surface area (Å²) in [6, 6.07) is 8.01. The summed E-state index contributed by atoms with van der Waals surface area (Å²) >= 11 is 0. The third-order valence-electron chi connectivity index (χ3n) is 7.05. The number of pyridine rings is 1. The topological polar surface area (TPSA) is 63.3 Å². The highest BCUT2D eigenvalue weighted by atomic mass is 19.1. The SMILES string of the molecule is C=CC(=C)C(C)C.CC(C)/C(=C/C=C/CF)CC1CC1.CC=NC.CCC(CO)n1ccc(-c2cccc(C(C)C)n2)n1. The molecule has 1 N–H and O–H groups in total. The van der Waals surface area contributed by atoms with Gasteiger partial charge in [0, 0.05) is 18.9 Å². The zero-order valence-corrected chi connectivity index (χ0v) is 28.4. The Bertz CT molecular complexity index is 1120. The molecule has 0 saturated heterocycles. The monoisotopic (exact) mass is 594 g/mol. The van der Waals surface area contributed by atoms with E-state index in [0.29, 0.717) is 17.8 Å². The fourth-order valence-corrected chi connectivity index (χ4v) is 3.62. The van der Waals surface area contributed by atoms with E-state index in [1.54, 1.807) is 25.4 Å². The lowest BCUT2D eigenvalue weighted by atomic mass is 9.97. The van der Waals surface area contributed by atoms with Crippen LogP contribution in [-0.2, 0) is 0 Å². The Labute approximate surface area is 262 Å². The highest BCUT2D eigenvalue weighted by Crippen LogP contribution is 2.37. The van der Waals surface area contributed by atoms with Crippen molar-refractivity contribution in [1.29, 1.82) is 0 Å². The van der Waals surface area contributed by atoms with Gasteiger partial charge in [-0.15, -0.1) is 0 Å². The van der Waals surface area contributed by atoms with E-state index in [0.717, 1.165) is 35.0 Å². The number of nitrogens with zero attached hydrogens (tertiary/aromatic N) is 4. The Hall–Kier alpha value is -3.12. The first-order valence-electron chi connectivity index (χ1n) is 15.7. The molecule has 5 nitrogen and oxygen atoms in total. The minimum atomic E-state index is -0.356. The minimum Gasteiger partial charge on any atom is -0.394 e. The lowest BCUT2D eigenvalue weighted by Gasteiger charge is -2.11. The molecular formula is C37H59FN4O.